The predicted molar refractivity (Wildman–Crippen MR) is 93.7 cm³/mol. The highest BCUT2D eigenvalue weighted by atomic mass is 16.5. The lowest BCUT2D eigenvalue weighted by Crippen LogP contribution is -2.25. The number of hydrogen-bond donors (Lipinski definition) is 4. The summed E-state index contributed by atoms with van der Waals surface area (Å²) in [5.41, 5.74) is 8.43. The molecule has 128 valence electrons. The Morgan fingerprint density at radius 3 is 2.80 bits per heavy atom. The molecule has 7 heteroatoms. The second kappa shape index (κ2) is 7.06. The van der Waals surface area contributed by atoms with Crippen molar-refractivity contribution < 1.29 is 19.4 Å². The number of amides is 1. The maximum Gasteiger partial charge on any atom is 0.335 e. The Balaban J connectivity index is 0.000000146. The normalized spacial score (nSPS) is 12.4. The molecule has 2 aromatic carbocycles. The summed E-state index contributed by atoms with van der Waals surface area (Å²) in [5, 5.41) is 12.3. The first-order chi connectivity index (χ1) is 12.1. The van der Waals surface area contributed by atoms with Crippen LogP contribution in [0.5, 0.6) is 5.75 Å². The molecule has 5 N–H and O–H groups in total. The van der Waals surface area contributed by atoms with Crippen molar-refractivity contribution in [2.45, 2.75) is 6.54 Å². The van der Waals surface area contributed by atoms with Crippen molar-refractivity contribution in [1.82, 2.24) is 4.98 Å². The summed E-state index contributed by atoms with van der Waals surface area (Å²) in [4.78, 5) is 24.5. The molecule has 1 aliphatic heterocycles. The first kappa shape index (κ1) is 16.5. The topological polar surface area (TPSA) is 117 Å². The van der Waals surface area contributed by atoms with Crippen LogP contribution in [0.15, 0.2) is 48.7 Å². The van der Waals surface area contributed by atoms with Gasteiger partial charge in [-0.1, -0.05) is 6.07 Å². The minimum absolute atomic E-state index is 0.0922. The monoisotopic (exact) mass is 339 g/mol. The summed E-state index contributed by atoms with van der Waals surface area (Å²) in [6.45, 7) is 0.554. The lowest BCUT2D eigenvalue weighted by atomic mass is 10.1. The average Bonchev–Trinajstić information content (AvgIpc) is 3.09. The van der Waals surface area contributed by atoms with Crippen molar-refractivity contribution in [3.63, 3.8) is 0 Å². The number of nitrogens with two attached hydrogens (primary N) is 1. The fourth-order valence-electron chi connectivity index (χ4n) is 2.44. The number of aromatic nitrogens is 1. The number of carboxylic acids is 1. The molecule has 0 radical (unpaired) electrons. The molecule has 0 bridgehead atoms. The summed E-state index contributed by atoms with van der Waals surface area (Å²) in [6.07, 6.45) is 1.79. The van der Waals surface area contributed by atoms with Gasteiger partial charge >= 0.3 is 5.97 Å². The number of anilines is 1. The van der Waals surface area contributed by atoms with Crippen LogP contribution in [-0.4, -0.2) is 28.6 Å². The van der Waals surface area contributed by atoms with Gasteiger partial charge in [-0.05, 0) is 42.0 Å². The second-order valence-electron chi connectivity index (χ2n) is 5.46. The number of carbonyl (C=O) groups excluding carboxylic acids is 1. The van der Waals surface area contributed by atoms with Crippen molar-refractivity contribution in [2.75, 3.05) is 11.9 Å². The fourth-order valence-corrected chi connectivity index (χ4v) is 2.44. The van der Waals surface area contributed by atoms with Gasteiger partial charge in [-0.15, -0.1) is 0 Å². The molecule has 1 amide bonds. The fraction of sp³-hybridized carbons (Fsp3) is 0.111. The molecule has 25 heavy (non-hydrogen) atoms. The number of fused-ring (bicyclic) bond motifs is 2. The summed E-state index contributed by atoms with van der Waals surface area (Å²) in [7, 11) is 0. The molecule has 0 saturated heterocycles. The third-order valence-corrected chi connectivity index (χ3v) is 3.71. The van der Waals surface area contributed by atoms with E-state index in [-0.39, 0.29) is 12.5 Å². The van der Waals surface area contributed by atoms with Crippen molar-refractivity contribution in [2.24, 2.45) is 5.73 Å². The number of hydrogen-bond acceptors (Lipinski definition) is 4. The van der Waals surface area contributed by atoms with Crippen LogP contribution >= 0.6 is 0 Å². The van der Waals surface area contributed by atoms with Gasteiger partial charge in [0.15, 0.2) is 6.61 Å². The van der Waals surface area contributed by atoms with Crippen LogP contribution in [-0.2, 0) is 11.3 Å². The summed E-state index contributed by atoms with van der Waals surface area (Å²) in [6, 6.07) is 12.4. The van der Waals surface area contributed by atoms with Crippen LogP contribution in [0.1, 0.15) is 15.9 Å². The van der Waals surface area contributed by atoms with Crippen LogP contribution in [0.2, 0.25) is 0 Å². The van der Waals surface area contributed by atoms with Gasteiger partial charge in [0, 0.05) is 23.6 Å². The van der Waals surface area contributed by atoms with E-state index >= 15 is 0 Å². The summed E-state index contributed by atoms with van der Waals surface area (Å²) in [5.74, 6) is -0.309. The average molecular weight is 339 g/mol. The third kappa shape index (κ3) is 3.78. The van der Waals surface area contributed by atoms with E-state index in [0.29, 0.717) is 23.5 Å². The maximum atomic E-state index is 11.0. The zero-order valence-electron chi connectivity index (χ0n) is 13.3. The van der Waals surface area contributed by atoms with E-state index in [2.05, 4.69) is 10.3 Å². The zero-order valence-corrected chi connectivity index (χ0v) is 13.3. The molecular weight excluding hydrogens is 322 g/mol. The van der Waals surface area contributed by atoms with Gasteiger partial charge in [-0.2, -0.15) is 0 Å². The van der Waals surface area contributed by atoms with Gasteiger partial charge in [0.1, 0.15) is 5.75 Å². The van der Waals surface area contributed by atoms with E-state index in [1.165, 1.54) is 0 Å². The summed E-state index contributed by atoms with van der Waals surface area (Å²) < 4.78 is 5.18. The van der Waals surface area contributed by atoms with Crippen molar-refractivity contribution >= 4 is 28.5 Å². The number of carboxylic acid groups (broad SMARTS) is 1. The van der Waals surface area contributed by atoms with Gasteiger partial charge in [0.25, 0.3) is 5.91 Å². The number of nitrogens with one attached hydrogen (secondary N) is 2. The molecule has 0 fully saturated rings. The molecule has 0 spiro atoms. The lowest BCUT2D eigenvalue weighted by Gasteiger charge is -2.18. The highest BCUT2D eigenvalue weighted by Gasteiger charge is 2.15. The molecular formula is C18H17N3O4. The molecule has 0 unspecified atom stereocenters. The Hall–Kier alpha value is -3.32. The molecule has 7 nitrogen and oxygen atoms in total. The number of carbonyl (C=O) groups is 2. The van der Waals surface area contributed by atoms with E-state index in [0.717, 1.165) is 16.5 Å². The third-order valence-electron chi connectivity index (χ3n) is 3.71. The van der Waals surface area contributed by atoms with Crippen LogP contribution in [0.4, 0.5) is 5.69 Å². The van der Waals surface area contributed by atoms with Crippen molar-refractivity contribution in [3.05, 3.63) is 59.8 Å². The second-order valence-corrected chi connectivity index (χ2v) is 5.46. The number of rotatable bonds is 2. The van der Waals surface area contributed by atoms with Gasteiger partial charge < -0.3 is 25.9 Å². The van der Waals surface area contributed by atoms with E-state index in [1.54, 1.807) is 24.4 Å². The molecule has 1 aliphatic rings. The first-order valence-electron chi connectivity index (χ1n) is 7.63. The highest BCUT2D eigenvalue weighted by molar-refractivity contribution is 5.95. The van der Waals surface area contributed by atoms with Crippen LogP contribution in [0.3, 0.4) is 0 Å². The van der Waals surface area contributed by atoms with Crippen LogP contribution < -0.4 is 15.8 Å². The minimum atomic E-state index is -0.891. The molecule has 4 rings (SSSR count). The summed E-state index contributed by atoms with van der Waals surface area (Å²) >= 11 is 0. The Kier molecular flexibility index (Phi) is 4.67. The largest absolute Gasteiger partial charge is 0.482 e. The van der Waals surface area contributed by atoms with Gasteiger partial charge in [0.05, 0.1) is 11.3 Å². The van der Waals surface area contributed by atoms with E-state index < -0.39 is 5.97 Å². The maximum absolute atomic E-state index is 11.0. The molecule has 1 aromatic heterocycles. The first-order valence-corrected chi connectivity index (χ1v) is 7.63. The minimum Gasteiger partial charge on any atom is -0.482 e. The van der Waals surface area contributed by atoms with Crippen molar-refractivity contribution in [3.8, 4) is 5.75 Å². The molecule has 0 atom stereocenters. The molecule has 2 heterocycles. The Morgan fingerprint density at radius 2 is 2.04 bits per heavy atom. The molecule has 0 aliphatic carbocycles. The standard InChI is InChI=1S/C9H10N2O2.C9H7NO2/c10-4-6-1-2-8-7(3-6)11-9(12)5-13-8;11-9(12)7-1-2-8-6(5-7)3-4-10-8/h1-3H,4-5,10H2,(H,11,12);1-5,10H,(H,11,12). The lowest BCUT2D eigenvalue weighted by molar-refractivity contribution is -0.118. The smallest absolute Gasteiger partial charge is 0.335 e. The quantitative estimate of drug-likeness (QED) is 0.572. The Bertz CT molecular complexity index is 933. The van der Waals surface area contributed by atoms with Gasteiger partial charge in [-0.3, -0.25) is 4.79 Å². The zero-order chi connectivity index (χ0) is 17.8. The number of benzene rings is 2. The van der Waals surface area contributed by atoms with Crippen LogP contribution in [0.25, 0.3) is 10.9 Å². The molecule has 3 aromatic rings. The highest BCUT2D eigenvalue weighted by Crippen LogP contribution is 2.28. The van der Waals surface area contributed by atoms with Crippen molar-refractivity contribution in [1.29, 1.82) is 0 Å². The van der Waals surface area contributed by atoms with Gasteiger partial charge in [-0.25, -0.2) is 4.79 Å². The number of aromatic carboxylic acids is 1. The predicted octanol–water partition coefficient (Wildman–Crippen LogP) is 2.34. The number of H-pyrrole nitrogens is 1. The molecule has 0 saturated carbocycles. The van der Waals surface area contributed by atoms with E-state index in [4.69, 9.17) is 15.6 Å². The SMILES string of the molecule is NCc1ccc2c(c1)NC(=O)CO2.O=C(O)c1ccc2[nH]ccc2c1. The number of aromatic amines is 1. The van der Waals surface area contributed by atoms with E-state index in [1.807, 2.05) is 24.3 Å². The van der Waals surface area contributed by atoms with Crippen LogP contribution in [0, 0.1) is 0 Å². The Morgan fingerprint density at radius 1 is 1.20 bits per heavy atom. The number of ether oxygens (including phenoxy) is 1. The van der Waals surface area contributed by atoms with Gasteiger partial charge in [0.2, 0.25) is 0 Å². The Labute approximate surface area is 143 Å². The van der Waals surface area contributed by atoms with E-state index in [9.17, 15) is 9.59 Å².